The van der Waals surface area contributed by atoms with Crippen LogP contribution in [0.2, 0.25) is 0 Å². The van der Waals surface area contributed by atoms with E-state index >= 15 is 0 Å². The molecule has 4 N–H and O–H groups in total. The van der Waals surface area contributed by atoms with Gasteiger partial charge in [-0.05, 0) is 20.0 Å². The molecule has 1 aromatic heterocycles. The number of carboxylic acid groups (broad SMARTS) is 2. The molecule has 1 aromatic carbocycles. The highest BCUT2D eigenvalue weighted by atomic mass is 32.3. The van der Waals surface area contributed by atoms with Crippen LogP contribution in [0.4, 0.5) is 10.1 Å². The quantitative estimate of drug-likeness (QED) is 0.416. The number of aromatic nitrogens is 1. The van der Waals surface area contributed by atoms with Crippen molar-refractivity contribution < 1.29 is 46.5 Å². The van der Waals surface area contributed by atoms with Crippen molar-refractivity contribution in [1.29, 1.82) is 0 Å². The van der Waals surface area contributed by atoms with Gasteiger partial charge in [-0.3, -0.25) is 18.7 Å². The van der Waals surface area contributed by atoms with Crippen LogP contribution in [0.15, 0.2) is 17.1 Å². The first kappa shape index (κ1) is 29.0. The average Bonchev–Trinajstić information content (AvgIpc) is 2.77. The zero-order valence-corrected chi connectivity index (χ0v) is 20.7. The highest BCUT2D eigenvalue weighted by Gasteiger charge is 2.30. The Balaban J connectivity index is 0.000000389. The van der Waals surface area contributed by atoms with Gasteiger partial charge in [0.15, 0.2) is 11.6 Å². The summed E-state index contributed by atoms with van der Waals surface area (Å²) in [6, 6.07) is 0.994. The second-order valence-corrected chi connectivity index (χ2v) is 9.06. The molecule has 1 atom stereocenters. The summed E-state index contributed by atoms with van der Waals surface area (Å²) in [5.74, 6) is -2.29. The molecule has 15 heteroatoms. The number of aliphatic carboxylic acids is 1. The van der Waals surface area contributed by atoms with E-state index in [4.69, 9.17) is 27.4 Å². The summed E-state index contributed by atoms with van der Waals surface area (Å²) in [5, 5.41) is 17.1. The van der Waals surface area contributed by atoms with E-state index in [-0.39, 0.29) is 30.0 Å². The molecule has 2 aliphatic heterocycles. The van der Waals surface area contributed by atoms with Crippen LogP contribution in [0.3, 0.4) is 0 Å². The minimum atomic E-state index is -4.67. The fourth-order valence-electron chi connectivity index (χ4n) is 3.69. The topological polar surface area (TPSA) is 187 Å². The second-order valence-electron chi connectivity index (χ2n) is 8.16. The maximum atomic E-state index is 15.0. The van der Waals surface area contributed by atoms with Gasteiger partial charge >= 0.3 is 22.3 Å². The maximum absolute atomic E-state index is 15.0. The Bertz CT molecular complexity index is 1300. The van der Waals surface area contributed by atoms with E-state index in [1.165, 1.54) is 6.20 Å². The number of benzene rings is 1. The zero-order chi connectivity index (χ0) is 27.4. The molecule has 1 fully saturated rings. The number of hydrogen-bond acceptors (Lipinski definition) is 8. The summed E-state index contributed by atoms with van der Waals surface area (Å²) in [6.45, 7) is 6.68. The van der Waals surface area contributed by atoms with E-state index in [0.717, 1.165) is 19.2 Å². The van der Waals surface area contributed by atoms with Crippen LogP contribution >= 0.6 is 0 Å². The number of aromatic carboxylic acids is 1. The van der Waals surface area contributed by atoms with Crippen molar-refractivity contribution in [2.45, 2.75) is 26.3 Å². The SMILES string of the molecule is CCC(=O)O.C[C@H]1COc2c(N3CCN(C)CC3)c(F)cc3c(=O)c(C(=O)O)cn1c23.O=S(=O)(O)O. The van der Waals surface area contributed by atoms with Crippen molar-refractivity contribution in [2.24, 2.45) is 0 Å². The van der Waals surface area contributed by atoms with Crippen molar-refractivity contribution >= 4 is 38.9 Å². The number of pyridine rings is 1. The lowest BCUT2D eigenvalue weighted by atomic mass is 10.1. The summed E-state index contributed by atoms with van der Waals surface area (Å²) < 4.78 is 54.1. The Morgan fingerprint density at radius 3 is 2.17 bits per heavy atom. The number of hydrogen-bond donors (Lipinski definition) is 4. The summed E-state index contributed by atoms with van der Waals surface area (Å²) in [7, 11) is -2.65. The van der Waals surface area contributed by atoms with E-state index < -0.39 is 33.6 Å². The van der Waals surface area contributed by atoms with Crippen molar-refractivity contribution in [2.75, 3.05) is 44.7 Å². The van der Waals surface area contributed by atoms with E-state index in [1.807, 2.05) is 18.9 Å². The Labute approximate surface area is 205 Å². The largest absolute Gasteiger partial charge is 0.487 e. The minimum absolute atomic E-state index is 0.0434. The first-order valence-corrected chi connectivity index (χ1v) is 12.2. The van der Waals surface area contributed by atoms with Gasteiger partial charge in [0.25, 0.3) is 0 Å². The Morgan fingerprint density at radius 1 is 1.17 bits per heavy atom. The minimum Gasteiger partial charge on any atom is -0.487 e. The molecule has 200 valence electrons. The van der Waals surface area contributed by atoms with E-state index in [1.54, 1.807) is 11.5 Å². The Morgan fingerprint density at radius 2 is 1.69 bits per heavy atom. The molecular formula is C21H28FN3O10S. The summed E-state index contributed by atoms with van der Waals surface area (Å²) in [6.07, 6.45) is 1.56. The molecule has 3 heterocycles. The Hall–Kier alpha value is -3.27. The van der Waals surface area contributed by atoms with Gasteiger partial charge in [0.1, 0.15) is 17.9 Å². The van der Waals surface area contributed by atoms with Gasteiger partial charge in [-0.1, -0.05) is 6.92 Å². The summed E-state index contributed by atoms with van der Waals surface area (Å²) >= 11 is 0. The van der Waals surface area contributed by atoms with Crippen LogP contribution in [0.1, 0.15) is 36.7 Å². The van der Waals surface area contributed by atoms with Crippen LogP contribution in [-0.2, 0) is 15.2 Å². The molecule has 36 heavy (non-hydrogen) atoms. The van der Waals surface area contributed by atoms with Crippen molar-refractivity contribution in [3.05, 3.63) is 33.9 Å². The summed E-state index contributed by atoms with van der Waals surface area (Å²) in [5.41, 5.74) is -0.224. The highest BCUT2D eigenvalue weighted by Crippen LogP contribution is 2.42. The van der Waals surface area contributed by atoms with E-state index in [0.29, 0.717) is 30.0 Å². The lowest BCUT2D eigenvalue weighted by molar-refractivity contribution is -0.136. The summed E-state index contributed by atoms with van der Waals surface area (Å²) in [4.78, 5) is 37.5. The third-order valence-corrected chi connectivity index (χ3v) is 5.49. The fourth-order valence-corrected chi connectivity index (χ4v) is 3.69. The number of piperazine rings is 1. The van der Waals surface area contributed by atoms with Crippen molar-refractivity contribution in [3.8, 4) is 5.75 Å². The van der Waals surface area contributed by atoms with Gasteiger partial charge in [0, 0.05) is 38.8 Å². The lowest BCUT2D eigenvalue weighted by Crippen LogP contribution is -2.45. The smallest absolute Gasteiger partial charge is 0.394 e. The first-order valence-electron chi connectivity index (χ1n) is 10.8. The van der Waals surface area contributed by atoms with Crippen LogP contribution in [-0.4, -0.2) is 89.0 Å². The molecule has 0 aliphatic carbocycles. The van der Waals surface area contributed by atoms with E-state index in [9.17, 15) is 23.9 Å². The molecule has 2 aromatic rings. The first-order chi connectivity index (χ1) is 16.6. The Kier molecular flexibility index (Phi) is 9.37. The van der Waals surface area contributed by atoms with Gasteiger partial charge in [0.2, 0.25) is 5.43 Å². The van der Waals surface area contributed by atoms with E-state index in [2.05, 4.69) is 4.90 Å². The van der Waals surface area contributed by atoms with Gasteiger partial charge in [-0.25, -0.2) is 9.18 Å². The number of anilines is 1. The molecule has 0 spiro atoms. The molecular weight excluding hydrogens is 505 g/mol. The van der Waals surface area contributed by atoms with Gasteiger partial charge in [0.05, 0.1) is 16.9 Å². The standard InChI is InChI=1S/C18H20FN3O4.C3H6O2.H2O4S/c1-10-9-26-17-14-11(16(23)12(18(24)25)8-22(10)14)7-13(19)15(17)21-5-3-20(2)4-6-21;1-2-3(4)5;1-5(2,3)4/h7-8,10H,3-6,9H2,1-2H3,(H,24,25);2H2,1H3,(H,4,5);(H2,1,2,3,4)/t10-;;/m0../s1. The molecule has 13 nitrogen and oxygen atoms in total. The molecule has 0 bridgehead atoms. The molecule has 4 rings (SSSR count). The molecule has 0 saturated carbocycles. The maximum Gasteiger partial charge on any atom is 0.394 e. The van der Waals surface area contributed by atoms with Gasteiger partial charge < -0.3 is 29.3 Å². The normalized spacial score (nSPS) is 17.3. The molecule has 0 unspecified atom stereocenters. The number of ether oxygens (including phenoxy) is 1. The number of nitrogens with zero attached hydrogens (tertiary/aromatic N) is 3. The van der Waals surface area contributed by atoms with Crippen molar-refractivity contribution in [3.63, 3.8) is 0 Å². The van der Waals surface area contributed by atoms with Gasteiger partial charge in [-0.15, -0.1) is 0 Å². The van der Waals surface area contributed by atoms with Crippen LogP contribution in [0, 0.1) is 5.82 Å². The highest BCUT2D eigenvalue weighted by molar-refractivity contribution is 7.79. The third-order valence-electron chi connectivity index (χ3n) is 5.49. The predicted molar refractivity (Wildman–Crippen MR) is 127 cm³/mol. The van der Waals surface area contributed by atoms with Crippen LogP contribution in [0.5, 0.6) is 5.75 Å². The lowest BCUT2D eigenvalue weighted by Gasteiger charge is -2.37. The third kappa shape index (κ3) is 7.13. The number of rotatable bonds is 3. The van der Waals surface area contributed by atoms with Crippen LogP contribution < -0.4 is 15.1 Å². The molecule has 0 radical (unpaired) electrons. The number of halogens is 1. The van der Waals surface area contributed by atoms with Gasteiger partial charge in [-0.2, -0.15) is 8.42 Å². The van der Waals surface area contributed by atoms with Crippen molar-refractivity contribution in [1.82, 2.24) is 9.47 Å². The predicted octanol–water partition coefficient (Wildman–Crippen LogP) is 1.37. The molecule has 1 saturated heterocycles. The number of carboxylic acids is 2. The van der Waals surface area contributed by atoms with Crippen LogP contribution in [0.25, 0.3) is 10.9 Å². The number of likely N-dealkylation sites (N-methyl/N-ethyl adjacent to an activating group) is 1. The zero-order valence-electron chi connectivity index (χ0n) is 19.8. The second kappa shape index (κ2) is 11.6. The fraction of sp³-hybridized carbons (Fsp3) is 0.476. The monoisotopic (exact) mass is 533 g/mol. The molecule has 0 amide bonds. The average molecular weight is 534 g/mol. The molecule has 2 aliphatic rings. The number of carbonyl (C=O) groups is 2.